The highest BCUT2D eigenvalue weighted by atomic mass is 79.9. The molecule has 3 heterocycles. The van der Waals surface area contributed by atoms with Gasteiger partial charge in [0.1, 0.15) is 12.4 Å². The Morgan fingerprint density at radius 2 is 1.97 bits per heavy atom. The van der Waals surface area contributed by atoms with Gasteiger partial charge in [-0.05, 0) is 41.1 Å². The highest BCUT2D eigenvalue weighted by Crippen LogP contribution is 2.33. The molecule has 0 aliphatic heterocycles. The lowest BCUT2D eigenvalue weighted by Gasteiger charge is -2.09. The molecule has 0 saturated heterocycles. The first-order valence-electron chi connectivity index (χ1n) is 9.05. The summed E-state index contributed by atoms with van der Waals surface area (Å²) in [4.78, 5) is 21.1. The number of pyridine rings is 2. The molecule has 1 aromatic carbocycles. The number of nitrogens with zero attached hydrogens (tertiary/aromatic N) is 4. The lowest BCUT2D eigenvalue weighted by molar-refractivity contribution is -0.116. The monoisotopic (exact) mass is 471 g/mol. The van der Waals surface area contributed by atoms with Crippen LogP contribution in [0.5, 0.6) is 0 Å². The zero-order valence-corrected chi connectivity index (χ0v) is 17.4. The molecule has 0 fully saturated rings. The number of hydrogen-bond donors (Lipinski definition) is 1. The van der Waals surface area contributed by atoms with Gasteiger partial charge in [0.05, 0.1) is 16.8 Å². The predicted octanol–water partition coefficient (Wildman–Crippen LogP) is 5.14. The van der Waals surface area contributed by atoms with E-state index in [-0.39, 0.29) is 29.0 Å². The van der Waals surface area contributed by atoms with Gasteiger partial charge in [-0.3, -0.25) is 4.79 Å². The minimum Gasteiger partial charge on any atom is -0.309 e. The number of alkyl halides is 2. The van der Waals surface area contributed by atoms with Crippen LogP contribution in [-0.2, 0) is 11.3 Å². The van der Waals surface area contributed by atoms with Crippen molar-refractivity contribution in [3.63, 3.8) is 0 Å². The van der Waals surface area contributed by atoms with Crippen LogP contribution in [0.3, 0.4) is 0 Å². The van der Waals surface area contributed by atoms with Crippen LogP contribution in [0, 0.1) is 6.92 Å². The summed E-state index contributed by atoms with van der Waals surface area (Å²) >= 11 is 3.28. The van der Waals surface area contributed by atoms with Gasteiger partial charge in [0.15, 0.2) is 5.65 Å². The van der Waals surface area contributed by atoms with E-state index in [0.717, 1.165) is 4.47 Å². The minimum atomic E-state index is -2.70. The van der Waals surface area contributed by atoms with Gasteiger partial charge >= 0.3 is 0 Å². The first-order valence-corrected chi connectivity index (χ1v) is 9.84. The molecular formula is C21H16BrF2N5O. The molecule has 1 amide bonds. The SMILES string of the molecule is Cc1nn(CC(=O)Nc2ccc(Br)cn2)c2nc(-c3ccccc3)cc(C(F)F)c12. The van der Waals surface area contributed by atoms with Gasteiger partial charge in [0, 0.05) is 21.8 Å². The van der Waals surface area contributed by atoms with Crippen molar-refractivity contribution in [1.29, 1.82) is 0 Å². The lowest BCUT2D eigenvalue weighted by atomic mass is 10.1. The van der Waals surface area contributed by atoms with E-state index in [0.29, 0.717) is 22.8 Å². The van der Waals surface area contributed by atoms with Crippen LogP contribution in [0.1, 0.15) is 17.7 Å². The third kappa shape index (κ3) is 4.06. The molecule has 152 valence electrons. The number of anilines is 1. The highest BCUT2D eigenvalue weighted by Gasteiger charge is 2.22. The summed E-state index contributed by atoms with van der Waals surface area (Å²) in [7, 11) is 0. The van der Waals surface area contributed by atoms with E-state index in [1.807, 2.05) is 18.2 Å². The highest BCUT2D eigenvalue weighted by molar-refractivity contribution is 9.10. The second kappa shape index (κ2) is 8.27. The molecule has 0 radical (unpaired) electrons. The Kier molecular flexibility index (Phi) is 5.54. The van der Waals surface area contributed by atoms with Crippen molar-refractivity contribution in [2.45, 2.75) is 19.9 Å². The first-order chi connectivity index (χ1) is 14.4. The van der Waals surface area contributed by atoms with Crippen molar-refractivity contribution in [3.05, 3.63) is 70.5 Å². The number of fused-ring (bicyclic) bond motifs is 1. The van der Waals surface area contributed by atoms with Gasteiger partial charge in [-0.2, -0.15) is 5.10 Å². The van der Waals surface area contributed by atoms with Crippen LogP contribution in [0.25, 0.3) is 22.3 Å². The van der Waals surface area contributed by atoms with Crippen molar-refractivity contribution in [2.24, 2.45) is 0 Å². The van der Waals surface area contributed by atoms with Crippen LogP contribution in [0.2, 0.25) is 0 Å². The van der Waals surface area contributed by atoms with Gasteiger partial charge < -0.3 is 5.32 Å². The fourth-order valence-electron chi connectivity index (χ4n) is 3.19. The standard InChI is InChI=1S/C21H16BrF2N5O/c1-12-19-15(20(23)24)9-16(13-5-3-2-4-6-13)26-21(19)29(28-12)11-18(30)27-17-8-7-14(22)10-25-17/h2-10,20H,11H2,1H3,(H,25,27,30). The smallest absolute Gasteiger partial charge is 0.264 e. The Balaban J connectivity index is 1.73. The molecule has 0 aliphatic carbocycles. The van der Waals surface area contributed by atoms with Crippen LogP contribution >= 0.6 is 15.9 Å². The maximum Gasteiger partial charge on any atom is 0.264 e. The summed E-state index contributed by atoms with van der Waals surface area (Å²) < 4.78 is 29.7. The molecule has 0 bridgehead atoms. The third-order valence-corrected chi connectivity index (χ3v) is 4.97. The molecule has 3 aromatic heterocycles. The molecule has 4 aromatic rings. The van der Waals surface area contributed by atoms with E-state index >= 15 is 0 Å². The number of aryl methyl sites for hydroxylation is 1. The second-order valence-corrected chi connectivity index (χ2v) is 7.53. The van der Waals surface area contributed by atoms with Crippen LogP contribution in [0.15, 0.2) is 59.2 Å². The molecule has 0 unspecified atom stereocenters. The Morgan fingerprint density at radius 3 is 2.63 bits per heavy atom. The van der Waals surface area contributed by atoms with Crippen LogP contribution in [-0.4, -0.2) is 25.7 Å². The number of benzene rings is 1. The fraction of sp³-hybridized carbons (Fsp3) is 0.143. The summed E-state index contributed by atoms with van der Waals surface area (Å²) in [5.41, 5.74) is 1.58. The largest absolute Gasteiger partial charge is 0.309 e. The molecule has 4 rings (SSSR count). The maximum absolute atomic E-state index is 13.8. The molecule has 9 heteroatoms. The lowest BCUT2D eigenvalue weighted by Crippen LogP contribution is -2.20. The maximum atomic E-state index is 13.8. The van der Waals surface area contributed by atoms with Crippen molar-refractivity contribution >= 4 is 38.7 Å². The number of carbonyl (C=O) groups is 1. The molecule has 0 aliphatic rings. The molecule has 0 spiro atoms. The van der Waals surface area contributed by atoms with E-state index in [1.54, 1.807) is 37.4 Å². The minimum absolute atomic E-state index is 0.155. The van der Waals surface area contributed by atoms with E-state index in [9.17, 15) is 13.6 Å². The average Bonchev–Trinajstić information content (AvgIpc) is 3.05. The molecule has 1 N–H and O–H groups in total. The number of halogens is 3. The molecule has 0 atom stereocenters. The molecule has 6 nitrogen and oxygen atoms in total. The number of carbonyl (C=O) groups excluding carboxylic acids is 1. The van der Waals surface area contributed by atoms with Crippen LogP contribution in [0.4, 0.5) is 14.6 Å². The summed E-state index contributed by atoms with van der Waals surface area (Å²) in [5.74, 6) is -0.0117. The second-order valence-electron chi connectivity index (χ2n) is 6.61. The summed E-state index contributed by atoms with van der Waals surface area (Å²) in [6.07, 6.45) is -1.14. The zero-order chi connectivity index (χ0) is 21.3. The Labute approximate surface area is 179 Å². The van der Waals surface area contributed by atoms with E-state index in [2.05, 4.69) is 36.3 Å². The Hall–Kier alpha value is -3.20. The normalized spacial score (nSPS) is 11.2. The van der Waals surface area contributed by atoms with Gasteiger partial charge in [-0.25, -0.2) is 23.4 Å². The third-order valence-electron chi connectivity index (χ3n) is 4.50. The summed E-state index contributed by atoms with van der Waals surface area (Å²) in [6.45, 7) is 1.44. The van der Waals surface area contributed by atoms with Crippen LogP contribution < -0.4 is 5.32 Å². The van der Waals surface area contributed by atoms with Crippen molar-refractivity contribution in [2.75, 3.05) is 5.32 Å². The van der Waals surface area contributed by atoms with Crippen molar-refractivity contribution in [1.82, 2.24) is 19.7 Å². The number of rotatable bonds is 5. The number of nitrogens with one attached hydrogen (secondary N) is 1. The van der Waals surface area contributed by atoms with Crippen molar-refractivity contribution in [3.8, 4) is 11.3 Å². The van der Waals surface area contributed by atoms with Gasteiger partial charge in [-0.15, -0.1) is 0 Å². The number of hydrogen-bond acceptors (Lipinski definition) is 4. The predicted molar refractivity (Wildman–Crippen MR) is 113 cm³/mol. The fourth-order valence-corrected chi connectivity index (χ4v) is 3.43. The molecular weight excluding hydrogens is 456 g/mol. The topological polar surface area (TPSA) is 72.7 Å². The average molecular weight is 472 g/mol. The van der Waals surface area contributed by atoms with Crippen molar-refractivity contribution < 1.29 is 13.6 Å². The summed E-state index contributed by atoms with van der Waals surface area (Å²) in [5, 5.41) is 7.23. The Morgan fingerprint density at radius 1 is 1.20 bits per heavy atom. The first kappa shape index (κ1) is 20.1. The summed E-state index contributed by atoms with van der Waals surface area (Å²) in [6, 6.07) is 13.8. The van der Waals surface area contributed by atoms with E-state index in [4.69, 9.17) is 0 Å². The quantitative estimate of drug-likeness (QED) is 0.437. The van der Waals surface area contributed by atoms with Gasteiger partial charge in [0.25, 0.3) is 6.43 Å². The van der Waals surface area contributed by atoms with E-state index < -0.39 is 6.43 Å². The number of amides is 1. The van der Waals surface area contributed by atoms with Gasteiger partial charge in [0.2, 0.25) is 5.91 Å². The number of aromatic nitrogens is 4. The Bertz CT molecular complexity index is 1210. The molecule has 30 heavy (non-hydrogen) atoms. The van der Waals surface area contributed by atoms with Gasteiger partial charge in [-0.1, -0.05) is 30.3 Å². The zero-order valence-electron chi connectivity index (χ0n) is 15.8. The van der Waals surface area contributed by atoms with E-state index in [1.165, 1.54) is 10.7 Å². The molecule has 0 saturated carbocycles.